The molecule has 2 heteroatoms. The highest BCUT2D eigenvalue weighted by Gasteiger charge is 2.09. The third-order valence-electron chi connectivity index (χ3n) is 4.05. The molecular formula is C19H25NO. The van der Waals surface area contributed by atoms with Crippen molar-refractivity contribution in [3.8, 4) is 5.75 Å². The number of benzene rings is 2. The lowest BCUT2D eigenvalue weighted by Gasteiger charge is -2.18. The van der Waals surface area contributed by atoms with Gasteiger partial charge in [0.15, 0.2) is 0 Å². The van der Waals surface area contributed by atoms with Gasteiger partial charge in [0, 0.05) is 12.6 Å². The van der Waals surface area contributed by atoms with Crippen LogP contribution in [0.1, 0.15) is 41.6 Å². The summed E-state index contributed by atoms with van der Waals surface area (Å²) in [6.07, 6.45) is 1.07. The van der Waals surface area contributed by atoms with E-state index in [0.717, 1.165) is 18.7 Å². The van der Waals surface area contributed by atoms with Gasteiger partial charge in [0.1, 0.15) is 5.75 Å². The van der Waals surface area contributed by atoms with E-state index in [-0.39, 0.29) is 0 Å². The van der Waals surface area contributed by atoms with E-state index >= 15 is 0 Å². The molecule has 1 atom stereocenters. The molecule has 112 valence electrons. The predicted molar refractivity (Wildman–Crippen MR) is 88.8 cm³/mol. The lowest BCUT2D eigenvalue weighted by molar-refractivity contribution is 0.414. The van der Waals surface area contributed by atoms with Crippen molar-refractivity contribution in [2.75, 3.05) is 7.11 Å². The Labute approximate surface area is 128 Å². The molecule has 0 fully saturated rings. The van der Waals surface area contributed by atoms with Crippen molar-refractivity contribution in [3.05, 3.63) is 64.7 Å². The highest BCUT2D eigenvalue weighted by atomic mass is 16.5. The van der Waals surface area contributed by atoms with Crippen LogP contribution in [0.5, 0.6) is 5.75 Å². The minimum Gasteiger partial charge on any atom is -0.497 e. The fourth-order valence-electron chi connectivity index (χ4n) is 2.49. The average molecular weight is 283 g/mol. The lowest BCUT2D eigenvalue weighted by Crippen LogP contribution is -2.20. The molecule has 1 N–H and O–H groups in total. The molecule has 0 amide bonds. The fraction of sp³-hybridized carbons (Fsp3) is 0.368. The molecule has 0 saturated carbocycles. The normalized spacial score (nSPS) is 12.2. The average Bonchev–Trinajstić information content (AvgIpc) is 2.52. The van der Waals surface area contributed by atoms with Crippen molar-refractivity contribution in [1.29, 1.82) is 0 Å². The molecule has 0 bridgehead atoms. The van der Waals surface area contributed by atoms with Crippen LogP contribution in [0.4, 0.5) is 0 Å². The standard InChI is InChI=1S/C19H25NO/c1-5-19(17-8-10-18(21-4)11-9-17)20-13-16-7-6-14(2)15(3)12-16/h6-12,19-20H,5,13H2,1-4H3. The van der Waals surface area contributed by atoms with Crippen LogP contribution in [0.25, 0.3) is 0 Å². The summed E-state index contributed by atoms with van der Waals surface area (Å²) in [6.45, 7) is 7.42. The van der Waals surface area contributed by atoms with Crippen LogP contribution >= 0.6 is 0 Å². The maximum absolute atomic E-state index is 5.22. The monoisotopic (exact) mass is 283 g/mol. The van der Waals surface area contributed by atoms with E-state index in [1.165, 1.54) is 22.3 Å². The van der Waals surface area contributed by atoms with Gasteiger partial charge in [0.2, 0.25) is 0 Å². The zero-order valence-electron chi connectivity index (χ0n) is 13.4. The Morgan fingerprint density at radius 1 is 1.00 bits per heavy atom. The first-order chi connectivity index (χ1) is 10.1. The van der Waals surface area contributed by atoms with Gasteiger partial charge >= 0.3 is 0 Å². The Kier molecular flexibility index (Phi) is 5.40. The number of hydrogen-bond donors (Lipinski definition) is 1. The smallest absolute Gasteiger partial charge is 0.118 e. The maximum Gasteiger partial charge on any atom is 0.118 e. The molecule has 2 aromatic carbocycles. The lowest BCUT2D eigenvalue weighted by atomic mass is 10.0. The van der Waals surface area contributed by atoms with Crippen LogP contribution in [-0.2, 0) is 6.54 Å². The number of aryl methyl sites for hydroxylation is 2. The number of hydrogen-bond acceptors (Lipinski definition) is 2. The van der Waals surface area contributed by atoms with E-state index in [1.54, 1.807) is 7.11 Å². The summed E-state index contributed by atoms with van der Waals surface area (Å²) in [5.74, 6) is 0.905. The fourth-order valence-corrected chi connectivity index (χ4v) is 2.49. The molecule has 0 spiro atoms. The second kappa shape index (κ2) is 7.28. The van der Waals surface area contributed by atoms with Crippen LogP contribution < -0.4 is 10.1 Å². The van der Waals surface area contributed by atoms with Crippen molar-refractivity contribution >= 4 is 0 Å². The molecule has 0 aromatic heterocycles. The molecule has 0 heterocycles. The van der Waals surface area contributed by atoms with Crippen LogP contribution in [0.2, 0.25) is 0 Å². The number of ether oxygens (including phenoxy) is 1. The van der Waals surface area contributed by atoms with Crippen molar-refractivity contribution in [2.24, 2.45) is 0 Å². The number of methoxy groups -OCH3 is 1. The Hall–Kier alpha value is -1.80. The van der Waals surface area contributed by atoms with E-state index in [0.29, 0.717) is 6.04 Å². The van der Waals surface area contributed by atoms with Crippen LogP contribution in [-0.4, -0.2) is 7.11 Å². The second-order valence-electron chi connectivity index (χ2n) is 5.53. The largest absolute Gasteiger partial charge is 0.497 e. The van der Waals surface area contributed by atoms with Gasteiger partial charge in [-0.25, -0.2) is 0 Å². The summed E-state index contributed by atoms with van der Waals surface area (Å²) >= 11 is 0. The minimum absolute atomic E-state index is 0.373. The van der Waals surface area contributed by atoms with E-state index in [9.17, 15) is 0 Å². The SMILES string of the molecule is CCC(NCc1ccc(C)c(C)c1)c1ccc(OC)cc1. The molecule has 21 heavy (non-hydrogen) atoms. The van der Waals surface area contributed by atoms with Gasteiger partial charge < -0.3 is 10.1 Å². The molecular weight excluding hydrogens is 258 g/mol. The van der Waals surface area contributed by atoms with Gasteiger partial charge in [-0.3, -0.25) is 0 Å². The van der Waals surface area contributed by atoms with Crippen LogP contribution in [0, 0.1) is 13.8 Å². The van der Waals surface area contributed by atoms with Crippen molar-refractivity contribution < 1.29 is 4.74 Å². The van der Waals surface area contributed by atoms with Gasteiger partial charge in [-0.2, -0.15) is 0 Å². The Morgan fingerprint density at radius 2 is 1.71 bits per heavy atom. The first kappa shape index (κ1) is 15.6. The van der Waals surface area contributed by atoms with Gasteiger partial charge in [-0.1, -0.05) is 37.3 Å². The molecule has 2 aromatic rings. The van der Waals surface area contributed by atoms with Gasteiger partial charge in [-0.05, 0) is 54.7 Å². The van der Waals surface area contributed by atoms with Crippen LogP contribution in [0.3, 0.4) is 0 Å². The summed E-state index contributed by atoms with van der Waals surface area (Å²) in [5.41, 5.74) is 5.35. The highest BCUT2D eigenvalue weighted by Crippen LogP contribution is 2.21. The molecule has 0 aliphatic carbocycles. The molecule has 2 nitrogen and oxygen atoms in total. The number of rotatable bonds is 6. The van der Waals surface area contributed by atoms with Gasteiger partial charge in [-0.15, -0.1) is 0 Å². The van der Waals surface area contributed by atoms with Crippen molar-refractivity contribution in [2.45, 2.75) is 39.8 Å². The van der Waals surface area contributed by atoms with E-state index in [4.69, 9.17) is 4.74 Å². The van der Waals surface area contributed by atoms with E-state index < -0.39 is 0 Å². The number of nitrogens with one attached hydrogen (secondary N) is 1. The molecule has 2 rings (SSSR count). The predicted octanol–water partition coefficient (Wildman–Crippen LogP) is 4.55. The van der Waals surface area contributed by atoms with Gasteiger partial charge in [0.05, 0.1) is 7.11 Å². The first-order valence-electron chi connectivity index (χ1n) is 7.57. The van der Waals surface area contributed by atoms with E-state index in [2.05, 4.69) is 56.4 Å². The molecule has 0 radical (unpaired) electrons. The van der Waals surface area contributed by atoms with E-state index in [1.807, 2.05) is 12.1 Å². The molecule has 0 aliphatic heterocycles. The van der Waals surface area contributed by atoms with Crippen LogP contribution in [0.15, 0.2) is 42.5 Å². The molecule has 1 unspecified atom stereocenters. The Bertz CT molecular complexity index is 575. The summed E-state index contributed by atoms with van der Waals surface area (Å²) < 4.78 is 5.22. The second-order valence-corrected chi connectivity index (χ2v) is 5.53. The first-order valence-corrected chi connectivity index (χ1v) is 7.57. The van der Waals surface area contributed by atoms with Gasteiger partial charge in [0.25, 0.3) is 0 Å². The Morgan fingerprint density at radius 3 is 2.29 bits per heavy atom. The summed E-state index contributed by atoms with van der Waals surface area (Å²) in [4.78, 5) is 0. The topological polar surface area (TPSA) is 21.3 Å². The maximum atomic E-state index is 5.22. The minimum atomic E-state index is 0.373. The third kappa shape index (κ3) is 4.08. The Balaban J connectivity index is 2.02. The summed E-state index contributed by atoms with van der Waals surface area (Å²) in [7, 11) is 1.70. The highest BCUT2D eigenvalue weighted by molar-refractivity contribution is 5.31. The molecule has 0 saturated heterocycles. The summed E-state index contributed by atoms with van der Waals surface area (Å²) in [5, 5.41) is 3.65. The summed E-state index contributed by atoms with van der Waals surface area (Å²) in [6, 6.07) is 15.4. The third-order valence-corrected chi connectivity index (χ3v) is 4.05. The zero-order chi connectivity index (χ0) is 15.2. The zero-order valence-corrected chi connectivity index (χ0v) is 13.4. The van der Waals surface area contributed by atoms with Crippen molar-refractivity contribution in [1.82, 2.24) is 5.32 Å². The molecule has 0 aliphatic rings. The quantitative estimate of drug-likeness (QED) is 0.839. The van der Waals surface area contributed by atoms with Crippen molar-refractivity contribution in [3.63, 3.8) is 0 Å².